The van der Waals surface area contributed by atoms with Crippen LogP contribution in [0.3, 0.4) is 0 Å². The molecule has 8 nitrogen and oxygen atoms in total. The minimum Gasteiger partial charge on any atom is -0.368 e. The maximum Gasteiger partial charge on any atom is 0.163 e. The lowest BCUT2D eigenvalue weighted by Crippen LogP contribution is -2.29. The zero-order valence-electron chi connectivity index (χ0n) is 13.0. The molecule has 0 amide bonds. The van der Waals surface area contributed by atoms with Crippen LogP contribution >= 0.6 is 0 Å². The van der Waals surface area contributed by atoms with Gasteiger partial charge in [-0.2, -0.15) is 0 Å². The van der Waals surface area contributed by atoms with Gasteiger partial charge in [0.05, 0.1) is 0 Å². The normalized spacial score (nSPS) is 20.6. The third-order valence-electron chi connectivity index (χ3n) is 2.27. The van der Waals surface area contributed by atoms with E-state index in [4.69, 9.17) is 18.9 Å². The SMILES string of the molecule is CC(O)OC(CCCC(OC(C)O)OC(C)O)OC(C)O. The Bertz CT molecular complexity index is 200. The standard InChI is InChI=1S/C13H28O8/c1-8(14)18-12(19-9(2)15)6-5-7-13(20-10(3)16)21-11(4)17/h8-17H,5-7H2,1-4H3. The van der Waals surface area contributed by atoms with Crippen LogP contribution in [-0.4, -0.2) is 58.2 Å². The van der Waals surface area contributed by atoms with Crippen molar-refractivity contribution in [3.63, 3.8) is 0 Å². The smallest absolute Gasteiger partial charge is 0.163 e. The predicted octanol–water partition coefficient (Wildman–Crippen LogP) is 0.229. The molecule has 0 spiro atoms. The van der Waals surface area contributed by atoms with Gasteiger partial charge >= 0.3 is 0 Å². The van der Waals surface area contributed by atoms with Crippen molar-refractivity contribution in [2.45, 2.75) is 84.7 Å². The van der Waals surface area contributed by atoms with Crippen LogP contribution in [0.25, 0.3) is 0 Å². The van der Waals surface area contributed by atoms with Crippen molar-refractivity contribution in [3.05, 3.63) is 0 Å². The Morgan fingerprint density at radius 2 is 0.810 bits per heavy atom. The van der Waals surface area contributed by atoms with Gasteiger partial charge in [-0.15, -0.1) is 0 Å². The summed E-state index contributed by atoms with van der Waals surface area (Å²) in [5, 5.41) is 36.7. The van der Waals surface area contributed by atoms with E-state index < -0.39 is 37.7 Å². The highest BCUT2D eigenvalue weighted by atomic mass is 16.8. The third-order valence-corrected chi connectivity index (χ3v) is 2.27. The fourth-order valence-corrected chi connectivity index (χ4v) is 1.67. The van der Waals surface area contributed by atoms with Crippen molar-refractivity contribution >= 4 is 0 Å². The molecule has 0 aliphatic heterocycles. The monoisotopic (exact) mass is 312 g/mol. The highest BCUT2D eigenvalue weighted by molar-refractivity contribution is 4.53. The van der Waals surface area contributed by atoms with E-state index in [0.29, 0.717) is 19.3 Å². The van der Waals surface area contributed by atoms with Crippen molar-refractivity contribution < 1.29 is 39.4 Å². The Hall–Kier alpha value is -0.320. The molecule has 0 bridgehead atoms. The van der Waals surface area contributed by atoms with Crippen LogP contribution in [0.15, 0.2) is 0 Å². The first-order valence-electron chi connectivity index (χ1n) is 7.04. The number of aliphatic hydroxyl groups excluding tert-OH is 4. The van der Waals surface area contributed by atoms with Crippen LogP contribution in [0.5, 0.6) is 0 Å². The first-order chi connectivity index (χ1) is 9.70. The average Bonchev–Trinajstić information content (AvgIpc) is 2.24. The molecule has 8 heteroatoms. The first-order valence-corrected chi connectivity index (χ1v) is 7.04. The summed E-state index contributed by atoms with van der Waals surface area (Å²) < 4.78 is 20.4. The van der Waals surface area contributed by atoms with E-state index in [9.17, 15) is 20.4 Å². The predicted molar refractivity (Wildman–Crippen MR) is 72.5 cm³/mol. The lowest BCUT2D eigenvalue weighted by Gasteiger charge is -2.24. The summed E-state index contributed by atoms with van der Waals surface area (Å²) in [4.78, 5) is 0. The van der Waals surface area contributed by atoms with Crippen molar-refractivity contribution in [2.75, 3.05) is 0 Å². The second-order valence-electron chi connectivity index (χ2n) is 4.73. The van der Waals surface area contributed by atoms with Crippen molar-refractivity contribution in [3.8, 4) is 0 Å². The Kier molecular flexibility index (Phi) is 11.1. The molecule has 4 unspecified atom stereocenters. The van der Waals surface area contributed by atoms with Gasteiger partial charge in [0.25, 0.3) is 0 Å². The maximum absolute atomic E-state index is 9.18. The lowest BCUT2D eigenvalue weighted by molar-refractivity contribution is -0.277. The molecule has 0 aromatic carbocycles. The average molecular weight is 312 g/mol. The van der Waals surface area contributed by atoms with Crippen LogP contribution < -0.4 is 0 Å². The topological polar surface area (TPSA) is 118 Å². The molecule has 0 saturated carbocycles. The van der Waals surface area contributed by atoms with Gasteiger partial charge in [0.1, 0.15) is 0 Å². The van der Waals surface area contributed by atoms with Gasteiger partial charge in [-0.25, -0.2) is 0 Å². The zero-order valence-corrected chi connectivity index (χ0v) is 13.0. The number of ether oxygens (including phenoxy) is 4. The minimum absolute atomic E-state index is 0.374. The molecule has 4 N–H and O–H groups in total. The van der Waals surface area contributed by atoms with Crippen molar-refractivity contribution in [2.24, 2.45) is 0 Å². The molecule has 0 rings (SSSR count). The highest BCUT2D eigenvalue weighted by Crippen LogP contribution is 2.15. The molecule has 0 heterocycles. The molecule has 0 aromatic rings. The minimum atomic E-state index is -1.02. The van der Waals surface area contributed by atoms with E-state index in [-0.39, 0.29) is 0 Å². The molecule has 0 aromatic heterocycles. The summed E-state index contributed by atoms with van der Waals surface area (Å²) in [5.74, 6) is 0. The quantitative estimate of drug-likeness (QED) is 0.378. The second-order valence-corrected chi connectivity index (χ2v) is 4.73. The van der Waals surface area contributed by atoms with Crippen LogP contribution in [0.4, 0.5) is 0 Å². The summed E-state index contributed by atoms with van der Waals surface area (Å²) in [6.07, 6.45) is -4.38. The molecule has 0 aliphatic carbocycles. The van der Waals surface area contributed by atoms with Crippen molar-refractivity contribution in [1.29, 1.82) is 0 Å². The fraction of sp³-hybridized carbons (Fsp3) is 1.00. The Labute approximate surface area is 125 Å². The number of rotatable bonds is 12. The molecular weight excluding hydrogens is 284 g/mol. The van der Waals surface area contributed by atoms with Crippen molar-refractivity contribution in [1.82, 2.24) is 0 Å². The van der Waals surface area contributed by atoms with E-state index in [2.05, 4.69) is 0 Å². The first kappa shape index (κ1) is 20.7. The van der Waals surface area contributed by atoms with Gasteiger partial charge in [-0.05, 0) is 47.0 Å². The van der Waals surface area contributed by atoms with E-state index in [1.807, 2.05) is 0 Å². The molecule has 0 radical (unpaired) electrons. The van der Waals surface area contributed by atoms with Gasteiger partial charge < -0.3 is 39.4 Å². The summed E-state index contributed by atoms with van der Waals surface area (Å²) >= 11 is 0. The summed E-state index contributed by atoms with van der Waals surface area (Å²) in [6.45, 7) is 5.76. The third kappa shape index (κ3) is 13.1. The summed E-state index contributed by atoms with van der Waals surface area (Å²) in [7, 11) is 0. The lowest BCUT2D eigenvalue weighted by atomic mass is 10.2. The number of aliphatic hydroxyl groups is 4. The summed E-state index contributed by atoms with van der Waals surface area (Å²) in [5.41, 5.74) is 0. The van der Waals surface area contributed by atoms with Crippen LogP contribution in [-0.2, 0) is 18.9 Å². The Morgan fingerprint density at radius 3 is 1.00 bits per heavy atom. The highest BCUT2D eigenvalue weighted by Gasteiger charge is 2.19. The van der Waals surface area contributed by atoms with E-state index in [0.717, 1.165) is 0 Å². The molecule has 21 heavy (non-hydrogen) atoms. The van der Waals surface area contributed by atoms with Gasteiger partial charge in [0, 0.05) is 0 Å². The number of hydrogen-bond acceptors (Lipinski definition) is 8. The maximum atomic E-state index is 9.18. The van der Waals surface area contributed by atoms with Crippen LogP contribution in [0.1, 0.15) is 47.0 Å². The molecule has 4 atom stereocenters. The van der Waals surface area contributed by atoms with E-state index >= 15 is 0 Å². The summed E-state index contributed by atoms with van der Waals surface area (Å²) in [6, 6.07) is 0. The van der Waals surface area contributed by atoms with Crippen LogP contribution in [0, 0.1) is 0 Å². The molecule has 0 fully saturated rings. The van der Waals surface area contributed by atoms with Gasteiger partial charge in [0.2, 0.25) is 0 Å². The van der Waals surface area contributed by atoms with Gasteiger partial charge in [0.15, 0.2) is 37.7 Å². The molecule has 0 saturated heterocycles. The largest absolute Gasteiger partial charge is 0.368 e. The van der Waals surface area contributed by atoms with Gasteiger partial charge in [-0.3, -0.25) is 0 Å². The number of hydrogen-bond donors (Lipinski definition) is 4. The fourth-order valence-electron chi connectivity index (χ4n) is 1.67. The zero-order chi connectivity index (χ0) is 16.4. The molecule has 128 valence electrons. The van der Waals surface area contributed by atoms with E-state index in [1.54, 1.807) is 0 Å². The Morgan fingerprint density at radius 1 is 0.571 bits per heavy atom. The second kappa shape index (κ2) is 11.3. The molecular formula is C13H28O8. The van der Waals surface area contributed by atoms with E-state index in [1.165, 1.54) is 27.7 Å². The Balaban J connectivity index is 4.21. The van der Waals surface area contributed by atoms with Crippen LogP contribution in [0.2, 0.25) is 0 Å². The van der Waals surface area contributed by atoms with Gasteiger partial charge in [-0.1, -0.05) is 0 Å². The molecule has 0 aliphatic rings.